The smallest absolute Gasteiger partial charge is 0.338 e. The van der Waals surface area contributed by atoms with E-state index in [0.717, 1.165) is 0 Å². The second-order valence-corrected chi connectivity index (χ2v) is 8.51. The van der Waals surface area contributed by atoms with E-state index in [4.69, 9.17) is 16.3 Å². The molecule has 31 heavy (non-hydrogen) atoms. The Hall–Kier alpha value is -3.36. The molecule has 0 aliphatic carbocycles. The molecule has 3 aromatic carbocycles. The summed E-state index contributed by atoms with van der Waals surface area (Å²) in [5.41, 5.74) is 1.34. The quantitative estimate of drug-likeness (QED) is 0.505. The number of amides is 1. The van der Waals surface area contributed by atoms with Crippen LogP contribution in [0.2, 0.25) is 5.02 Å². The fraction of sp³-hybridized carbons (Fsp3) is 0.0909. The van der Waals surface area contributed by atoms with Crippen LogP contribution in [0.3, 0.4) is 0 Å². The number of carbonyl (C=O) groups is 2. The average Bonchev–Trinajstić information content (AvgIpc) is 2.74. The van der Waals surface area contributed by atoms with E-state index in [1.807, 2.05) is 0 Å². The number of carbonyl (C=O) groups excluding carboxylic acids is 2. The Morgan fingerprint density at radius 1 is 0.903 bits per heavy atom. The van der Waals surface area contributed by atoms with E-state index in [1.54, 1.807) is 49.4 Å². The molecule has 0 saturated heterocycles. The molecule has 9 heteroatoms. The zero-order valence-corrected chi connectivity index (χ0v) is 18.0. The summed E-state index contributed by atoms with van der Waals surface area (Å²) in [5.74, 6) is -0.877. The first-order valence-electron chi connectivity index (χ1n) is 9.25. The number of hydrogen-bond acceptors (Lipinski definition) is 5. The van der Waals surface area contributed by atoms with E-state index in [1.165, 1.54) is 30.3 Å². The number of halogens is 1. The highest BCUT2D eigenvalue weighted by atomic mass is 35.5. The molecule has 0 heterocycles. The molecular formula is C22H19ClN2O5S. The summed E-state index contributed by atoms with van der Waals surface area (Å²) in [5, 5.41) is 3.13. The van der Waals surface area contributed by atoms with Gasteiger partial charge in [-0.1, -0.05) is 17.7 Å². The van der Waals surface area contributed by atoms with Gasteiger partial charge in [0.25, 0.3) is 15.9 Å². The lowest BCUT2D eigenvalue weighted by atomic mass is 10.1. The molecular weight excluding hydrogens is 440 g/mol. The van der Waals surface area contributed by atoms with Gasteiger partial charge in [0.1, 0.15) is 0 Å². The second kappa shape index (κ2) is 9.63. The summed E-state index contributed by atoms with van der Waals surface area (Å²) in [4.78, 5) is 24.3. The van der Waals surface area contributed by atoms with E-state index in [-0.39, 0.29) is 22.8 Å². The van der Waals surface area contributed by atoms with Crippen LogP contribution in [-0.4, -0.2) is 26.9 Å². The van der Waals surface area contributed by atoms with Gasteiger partial charge in [0, 0.05) is 22.0 Å². The van der Waals surface area contributed by atoms with Crippen molar-refractivity contribution in [2.24, 2.45) is 0 Å². The highest BCUT2D eigenvalue weighted by Crippen LogP contribution is 2.20. The maximum absolute atomic E-state index is 12.6. The third-order valence-corrected chi connectivity index (χ3v) is 5.80. The minimum absolute atomic E-state index is 0.0495. The van der Waals surface area contributed by atoms with Crippen molar-refractivity contribution in [1.82, 2.24) is 0 Å². The number of benzene rings is 3. The average molecular weight is 459 g/mol. The van der Waals surface area contributed by atoms with Crippen molar-refractivity contribution in [2.75, 3.05) is 16.6 Å². The monoisotopic (exact) mass is 458 g/mol. The van der Waals surface area contributed by atoms with E-state index in [2.05, 4.69) is 10.0 Å². The summed E-state index contributed by atoms with van der Waals surface area (Å²) in [6.45, 7) is 1.99. The van der Waals surface area contributed by atoms with E-state index >= 15 is 0 Å². The van der Waals surface area contributed by atoms with Crippen molar-refractivity contribution < 1.29 is 22.7 Å². The van der Waals surface area contributed by atoms with Gasteiger partial charge in [0.05, 0.1) is 17.1 Å². The summed E-state index contributed by atoms with van der Waals surface area (Å²) >= 11 is 5.80. The summed E-state index contributed by atoms with van der Waals surface area (Å²) in [6.07, 6.45) is 0. The normalized spacial score (nSPS) is 10.9. The predicted molar refractivity (Wildman–Crippen MR) is 119 cm³/mol. The van der Waals surface area contributed by atoms with Crippen molar-refractivity contribution in [3.8, 4) is 0 Å². The Bertz CT molecular complexity index is 1190. The summed E-state index contributed by atoms with van der Waals surface area (Å²) < 4.78 is 32.4. The molecule has 7 nitrogen and oxygen atoms in total. The number of nitrogens with one attached hydrogen (secondary N) is 2. The van der Waals surface area contributed by atoms with Crippen LogP contribution in [0.25, 0.3) is 0 Å². The van der Waals surface area contributed by atoms with Gasteiger partial charge in [-0.05, 0) is 73.7 Å². The molecule has 1 amide bonds. The summed E-state index contributed by atoms with van der Waals surface area (Å²) in [6, 6.07) is 18.1. The van der Waals surface area contributed by atoms with E-state index in [0.29, 0.717) is 16.3 Å². The summed E-state index contributed by atoms with van der Waals surface area (Å²) in [7, 11) is -3.83. The maximum Gasteiger partial charge on any atom is 0.338 e. The Morgan fingerprint density at radius 3 is 2.23 bits per heavy atom. The van der Waals surface area contributed by atoms with Gasteiger partial charge in [-0.15, -0.1) is 0 Å². The zero-order chi connectivity index (χ0) is 22.4. The molecule has 0 aliphatic rings. The van der Waals surface area contributed by atoms with Crippen molar-refractivity contribution in [3.05, 3.63) is 88.9 Å². The number of esters is 1. The van der Waals surface area contributed by atoms with Crippen LogP contribution < -0.4 is 10.0 Å². The van der Waals surface area contributed by atoms with Gasteiger partial charge in [0.15, 0.2) is 0 Å². The number of rotatable bonds is 7. The van der Waals surface area contributed by atoms with Gasteiger partial charge >= 0.3 is 5.97 Å². The predicted octanol–water partition coefficient (Wildman–Crippen LogP) is 4.57. The van der Waals surface area contributed by atoms with Crippen LogP contribution in [0.1, 0.15) is 27.6 Å². The fourth-order valence-electron chi connectivity index (χ4n) is 2.66. The van der Waals surface area contributed by atoms with Gasteiger partial charge < -0.3 is 10.1 Å². The van der Waals surface area contributed by atoms with Crippen LogP contribution in [0.4, 0.5) is 11.4 Å². The van der Waals surface area contributed by atoms with Gasteiger partial charge in [-0.25, -0.2) is 13.2 Å². The van der Waals surface area contributed by atoms with Crippen LogP contribution in [0, 0.1) is 0 Å². The highest BCUT2D eigenvalue weighted by molar-refractivity contribution is 7.92. The number of ether oxygens (including phenoxy) is 1. The van der Waals surface area contributed by atoms with Crippen LogP contribution in [-0.2, 0) is 14.8 Å². The first-order valence-corrected chi connectivity index (χ1v) is 11.1. The molecule has 0 radical (unpaired) electrons. The molecule has 0 unspecified atom stereocenters. The van der Waals surface area contributed by atoms with Crippen molar-refractivity contribution >= 4 is 44.9 Å². The largest absolute Gasteiger partial charge is 0.462 e. The lowest BCUT2D eigenvalue weighted by Gasteiger charge is -2.10. The number of anilines is 2. The Labute approximate surface area is 185 Å². The molecule has 3 aromatic rings. The van der Waals surface area contributed by atoms with Crippen molar-refractivity contribution in [2.45, 2.75) is 11.8 Å². The standard InChI is InChI=1S/C22H19ClN2O5S/c1-2-30-22(27)15-6-10-18(11-7-15)24-21(26)16-4-3-5-19(14-16)25-31(28,29)20-12-8-17(23)9-13-20/h3-14,25H,2H2,1H3,(H,24,26). The molecule has 0 atom stereocenters. The lowest BCUT2D eigenvalue weighted by molar-refractivity contribution is 0.0526. The Kier molecular flexibility index (Phi) is 6.94. The SMILES string of the molecule is CCOC(=O)c1ccc(NC(=O)c2cccc(NS(=O)(=O)c3ccc(Cl)cc3)c2)cc1. The molecule has 0 aliphatic heterocycles. The minimum Gasteiger partial charge on any atom is -0.462 e. The number of sulfonamides is 1. The molecule has 0 spiro atoms. The van der Waals surface area contributed by atoms with E-state index < -0.39 is 21.9 Å². The molecule has 0 saturated carbocycles. The topological polar surface area (TPSA) is 102 Å². The van der Waals surface area contributed by atoms with E-state index in [9.17, 15) is 18.0 Å². The highest BCUT2D eigenvalue weighted by Gasteiger charge is 2.15. The zero-order valence-electron chi connectivity index (χ0n) is 16.5. The van der Waals surface area contributed by atoms with Crippen LogP contribution >= 0.6 is 11.6 Å². The first-order chi connectivity index (χ1) is 14.8. The molecule has 0 fully saturated rings. The van der Waals surface area contributed by atoms with Crippen LogP contribution in [0.15, 0.2) is 77.7 Å². The molecule has 0 aromatic heterocycles. The molecule has 2 N–H and O–H groups in total. The molecule has 0 bridgehead atoms. The lowest BCUT2D eigenvalue weighted by Crippen LogP contribution is -2.15. The number of hydrogen-bond donors (Lipinski definition) is 2. The first kappa shape index (κ1) is 22.3. The molecule has 3 rings (SSSR count). The Morgan fingerprint density at radius 2 is 1.58 bits per heavy atom. The third-order valence-electron chi connectivity index (χ3n) is 4.15. The van der Waals surface area contributed by atoms with Crippen molar-refractivity contribution in [1.29, 1.82) is 0 Å². The van der Waals surface area contributed by atoms with Gasteiger partial charge in [0.2, 0.25) is 0 Å². The minimum atomic E-state index is -3.83. The maximum atomic E-state index is 12.6. The van der Waals surface area contributed by atoms with Gasteiger partial charge in [-0.3, -0.25) is 9.52 Å². The third kappa shape index (κ3) is 5.84. The van der Waals surface area contributed by atoms with Crippen molar-refractivity contribution in [3.63, 3.8) is 0 Å². The second-order valence-electron chi connectivity index (χ2n) is 6.39. The van der Waals surface area contributed by atoms with Crippen LogP contribution in [0.5, 0.6) is 0 Å². The molecule has 160 valence electrons. The van der Waals surface area contributed by atoms with Gasteiger partial charge in [-0.2, -0.15) is 0 Å². The Balaban J connectivity index is 1.71. The fourth-order valence-corrected chi connectivity index (χ4v) is 3.83.